The fourth-order valence-corrected chi connectivity index (χ4v) is 5.27. The molecule has 7 nitrogen and oxygen atoms in total. The Hall–Kier alpha value is -1.12. The molecule has 0 radical (unpaired) electrons. The van der Waals surface area contributed by atoms with Crippen LogP contribution in [0.1, 0.15) is 31.4 Å². The van der Waals surface area contributed by atoms with E-state index >= 15 is 0 Å². The molecule has 1 aliphatic heterocycles. The molecule has 0 amide bonds. The van der Waals surface area contributed by atoms with Crippen molar-refractivity contribution in [2.45, 2.75) is 43.9 Å². The van der Waals surface area contributed by atoms with Gasteiger partial charge < -0.3 is 10.2 Å². The summed E-state index contributed by atoms with van der Waals surface area (Å²) in [6.07, 6.45) is 4.03. The van der Waals surface area contributed by atoms with E-state index in [0.29, 0.717) is 24.3 Å². The van der Waals surface area contributed by atoms with E-state index in [2.05, 4.69) is 24.9 Å². The van der Waals surface area contributed by atoms with Gasteiger partial charge in [-0.25, -0.2) is 18.1 Å². The normalized spacial score (nSPS) is 26.4. The number of aromatic nitrogens is 2. The highest BCUT2D eigenvalue weighted by atomic mass is 35.5. The summed E-state index contributed by atoms with van der Waals surface area (Å²) in [7, 11) is -1.35. The van der Waals surface area contributed by atoms with Crippen LogP contribution in [0.2, 0.25) is 0 Å². The average Bonchev–Trinajstić information content (AvgIpc) is 3.43. The average molecular weight is 388 g/mol. The monoisotopic (exact) mass is 387 g/mol. The van der Waals surface area contributed by atoms with E-state index in [-0.39, 0.29) is 23.7 Å². The molecule has 1 aromatic heterocycles. The summed E-state index contributed by atoms with van der Waals surface area (Å²) in [5.41, 5.74) is 0.911. The van der Waals surface area contributed by atoms with Crippen molar-refractivity contribution in [2.24, 2.45) is 11.8 Å². The third-order valence-electron chi connectivity index (χ3n) is 5.26. The van der Waals surface area contributed by atoms with E-state index < -0.39 is 10.0 Å². The van der Waals surface area contributed by atoms with Crippen molar-refractivity contribution in [1.29, 1.82) is 0 Å². The minimum Gasteiger partial charge on any atom is -0.357 e. The number of halogens is 1. The molecule has 0 bridgehead atoms. The maximum absolute atomic E-state index is 12.4. The lowest BCUT2D eigenvalue weighted by atomic mass is 9.99. The van der Waals surface area contributed by atoms with E-state index in [1.54, 1.807) is 0 Å². The van der Waals surface area contributed by atoms with Crippen molar-refractivity contribution in [3.05, 3.63) is 11.8 Å². The van der Waals surface area contributed by atoms with Gasteiger partial charge in [-0.05, 0) is 44.4 Å². The van der Waals surface area contributed by atoms with Crippen molar-refractivity contribution in [1.82, 2.24) is 14.7 Å². The Labute approximate surface area is 155 Å². The molecule has 3 aliphatic rings. The number of rotatable bonds is 6. The molecule has 1 aromatic rings. The predicted octanol–water partition coefficient (Wildman–Crippen LogP) is 1.55. The summed E-state index contributed by atoms with van der Waals surface area (Å²) in [5.74, 6) is 2.51. The molecule has 2 heterocycles. The summed E-state index contributed by atoms with van der Waals surface area (Å²) >= 11 is 0. The summed E-state index contributed by atoms with van der Waals surface area (Å²) in [5, 5.41) is 2.83. The third kappa shape index (κ3) is 4.01. The second-order valence-electron chi connectivity index (χ2n) is 7.32. The molecule has 2 N–H and O–H groups in total. The Morgan fingerprint density at radius 2 is 1.88 bits per heavy atom. The van der Waals surface area contributed by atoms with Gasteiger partial charge in [-0.15, -0.1) is 12.4 Å². The van der Waals surface area contributed by atoms with Gasteiger partial charge in [0.05, 0.1) is 5.25 Å². The molecular formula is C16H26ClN5O2S. The summed E-state index contributed by atoms with van der Waals surface area (Å²) in [6.45, 7) is 3.50. The van der Waals surface area contributed by atoms with Crippen LogP contribution in [0, 0.1) is 18.8 Å². The third-order valence-corrected chi connectivity index (χ3v) is 7.24. The summed E-state index contributed by atoms with van der Waals surface area (Å²) < 4.78 is 27.7. The van der Waals surface area contributed by atoms with Crippen LogP contribution in [0.25, 0.3) is 0 Å². The standard InChI is InChI=1S/C16H25N5O2S.ClH/c1-10-7-15(19-16(17-2)18-10)21-8-13(11-3-4-11)14(9-21)20-24(22,23)12-5-6-12;/h7,11-14,20H,3-6,8-9H2,1-2H3,(H,17,18,19);1H/t13-,14+;/m1./s1. The van der Waals surface area contributed by atoms with Gasteiger partial charge in [0, 0.05) is 37.9 Å². The maximum Gasteiger partial charge on any atom is 0.224 e. The van der Waals surface area contributed by atoms with E-state index in [1.807, 2.05) is 20.0 Å². The highest BCUT2D eigenvalue weighted by Gasteiger charge is 2.46. The lowest BCUT2D eigenvalue weighted by Crippen LogP contribution is -2.42. The first-order valence-electron chi connectivity index (χ1n) is 8.76. The molecule has 4 rings (SSSR count). The first-order chi connectivity index (χ1) is 11.5. The second-order valence-corrected chi connectivity index (χ2v) is 9.31. The molecule has 2 aliphatic carbocycles. The molecule has 0 spiro atoms. The quantitative estimate of drug-likeness (QED) is 0.770. The number of hydrogen-bond acceptors (Lipinski definition) is 6. The molecular weight excluding hydrogens is 362 g/mol. The lowest BCUT2D eigenvalue weighted by molar-refractivity contribution is 0.426. The molecule has 0 aromatic carbocycles. The minimum atomic E-state index is -3.16. The first-order valence-corrected chi connectivity index (χ1v) is 10.3. The van der Waals surface area contributed by atoms with Gasteiger partial charge in [-0.3, -0.25) is 0 Å². The zero-order valence-corrected chi connectivity index (χ0v) is 16.2. The molecule has 0 unspecified atom stereocenters. The largest absolute Gasteiger partial charge is 0.357 e. The summed E-state index contributed by atoms with van der Waals surface area (Å²) in [4.78, 5) is 11.1. The van der Waals surface area contributed by atoms with Gasteiger partial charge in [0.25, 0.3) is 0 Å². The minimum absolute atomic E-state index is 0. The van der Waals surface area contributed by atoms with Crippen LogP contribution in [0.4, 0.5) is 11.8 Å². The Morgan fingerprint density at radius 1 is 1.16 bits per heavy atom. The van der Waals surface area contributed by atoms with Crippen LogP contribution in [-0.2, 0) is 10.0 Å². The highest BCUT2D eigenvalue weighted by Crippen LogP contribution is 2.43. The van der Waals surface area contributed by atoms with E-state index in [9.17, 15) is 8.42 Å². The molecule has 1 saturated heterocycles. The number of nitrogens with zero attached hydrogens (tertiary/aromatic N) is 3. The first kappa shape index (κ1) is 18.7. The summed E-state index contributed by atoms with van der Waals surface area (Å²) in [6, 6.07) is 1.97. The number of hydrogen-bond donors (Lipinski definition) is 2. The van der Waals surface area contributed by atoms with Gasteiger partial charge in [0.15, 0.2) is 0 Å². The zero-order chi connectivity index (χ0) is 16.9. The number of aryl methyl sites for hydroxylation is 1. The second kappa shape index (κ2) is 6.89. The highest BCUT2D eigenvalue weighted by molar-refractivity contribution is 7.90. The fourth-order valence-electron chi connectivity index (χ4n) is 3.65. The van der Waals surface area contributed by atoms with Crippen LogP contribution < -0.4 is 14.9 Å². The van der Waals surface area contributed by atoms with Gasteiger partial charge >= 0.3 is 0 Å². The lowest BCUT2D eigenvalue weighted by Gasteiger charge is -2.19. The van der Waals surface area contributed by atoms with Crippen molar-refractivity contribution >= 4 is 34.2 Å². The Kier molecular flexibility index (Phi) is 5.14. The maximum atomic E-state index is 12.4. The molecule has 3 fully saturated rings. The fraction of sp³-hybridized carbons (Fsp3) is 0.750. The Bertz CT molecular complexity index is 736. The molecule has 25 heavy (non-hydrogen) atoms. The number of nitrogens with one attached hydrogen (secondary N) is 2. The van der Waals surface area contributed by atoms with Crippen LogP contribution in [0.5, 0.6) is 0 Å². The number of sulfonamides is 1. The van der Waals surface area contributed by atoms with Crippen molar-refractivity contribution in [2.75, 3.05) is 30.4 Å². The van der Waals surface area contributed by atoms with Gasteiger partial charge in [0.1, 0.15) is 5.82 Å². The van der Waals surface area contributed by atoms with Crippen LogP contribution >= 0.6 is 12.4 Å². The van der Waals surface area contributed by atoms with Gasteiger partial charge in [-0.1, -0.05) is 0 Å². The number of anilines is 2. The Balaban J connectivity index is 0.00000182. The molecule has 140 valence electrons. The zero-order valence-electron chi connectivity index (χ0n) is 14.6. The van der Waals surface area contributed by atoms with E-state index in [0.717, 1.165) is 30.9 Å². The van der Waals surface area contributed by atoms with Crippen LogP contribution in [-0.4, -0.2) is 49.8 Å². The van der Waals surface area contributed by atoms with Crippen LogP contribution in [0.15, 0.2) is 6.07 Å². The predicted molar refractivity (Wildman–Crippen MR) is 101 cm³/mol. The van der Waals surface area contributed by atoms with Crippen molar-refractivity contribution in [3.8, 4) is 0 Å². The van der Waals surface area contributed by atoms with E-state index in [4.69, 9.17) is 0 Å². The SMILES string of the molecule is CNc1nc(C)cc(N2C[C@H](NS(=O)(=O)C3CC3)[C@@H](C3CC3)C2)n1.Cl. The van der Waals surface area contributed by atoms with Crippen LogP contribution in [0.3, 0.4) is 0 Å². The van der Waals surface area contributed by atoms with Crippen molar-refractivity contribution in [3.63, 3.8) is 0 Å². The molecule has 2 atom stereocenters. The smallest absolute Gasteiger partial charge is 0.224 e. The topological polar surface area (TPSA) is 87.2 Å². The van der Waals surface area contributed by atoms with Crippen molar-refractivity contribution < 1.29 is 8.42 Å². The molecule has 9 heteroatoms. The molecule has 2 saturated carbocycles. The van der Waals surface area contributed by atoms with Gasteiger partial charge in [0.2, 0.25) is 16.0 Å². The van der Waals surface area contributed by atoms with Gasteiger partial charge in [-0.2, -0.15) is 4.98 Å². The van der Waals surface area contributed by atoms with E-state index in [1.165, 1.54) is 12.8 Å². The Morgan fingerprint density at radius 3 is 2.48 bits per heavy atom.